The van der Waals surface area contributed by atoms with Gasteiger partial charge in [-0.05, 0) is 31.6 Å². The van der Waals surface area contributed by atoms with Gasteiger partial charge >= 0.3 is 0 Å². The molecule has 0 saturated heterocycles. The normalized spacial score (nSPS) is 31.1. The number of hydrogen-bond donors (Lipinski definition) is 5. The summed E-state index contributed by atoms with van der Waals surface area (Å²) in [5.41, 5.74) is 10.3. The van der Waals surface area contributed by atoms with Gasteiger partial charge < -0.3 is 16.6 Å². The minimum absolute atomic E-state index is 0.0139. The number of hydrogen-bond acceptors (Lipinski definition) is 3. The van der Waals surface area contributed by atoms with Crippen LogP contribution in [0.3, 0.4) is 0 Å². The van der Waals surface area contributed by atoms with E-state index in [4.69, 9.17) is 16.9 Å². The predicted octanol–water partition coefficient (Wildman–Crippen LogP) is -0.275. The Morgan fingerprint density at radius 2 is 2.06 bits per heavy atom. The molecule has 0 amide bonds. The van der Waals surface area contributed by atoms with E-state index in [0.717, 1.165) is 25.7 Å². The molecular formula is C10H21N5O. The number of aliphatic hydroxyl groups is 1. The van der Waals surface area contributed by atoms with Gasteiger partial charge in [0.1, 0.15) is 0 Å². The van der Waals surface area contributed by atoms with E-state index in [1.165, 1.54) is 0 Å². The average Bonchev–Trinajstić information content (AvgIpc) is 2.21. The van der Waals surface area contributed by atoms with Crippen molar-refractivity contribution < 1.29 is 5.11 Å². The van der Waals surface area contributed by atoms with Crippen molar-refractivity contribution >= 4 is 11.9 Å². The van der Waals surface area contributed by atoms with Crippen LogP contribution >= 0.6 is 0 Å². The molecule has 0 radical (unpaired) electrons. The zero-order valence-corrected chi connectivity index (χ0v) is 9.66. The molecule has 1 aliphatic rings. The lowest BCUT2D eigenvalue weighted by atomic mass is 9.78. The highest BCUT2D eigenvalue weighted by molar-refractivity contribution is 5.95. The number of nitrogens with one attached hydrogen (secondary N) is 2. The highest BCUT2D eigenvalue weighted by Gasteiger charge is 2.33. The predicted molar refractivity (Wildman–Crippen MR) is 64.1 cm³/mol. The fourth-order valence-electron chi connectivity index (χ4n) is 2.03. The third-order valence-electron chi connectivity index (χ3n) is 3.12. The summed E-state index contributed by atoms with van der Waals surface area (Å²) in [5, 5.41) is 18.9. The van der Waals surface area contributed by atoms with Crippen molar-refractivity contribution in [1.29, 1.82) is 5.41 Å². The Kier molecular flexibility index (Phi) is 4.12. The number of aliphatic hydroxyl groups excluding tert-OH is 1. The van der Waals surface area contributed by atoms with E-state index in [1.807, 2.05) is 0 Å². The third-order valence-corrected chi connectivity index (χ3v) is 3.12. The van der Waals surface area contributed by atoms with Crippen LogP contribution in [0.15, 0.2) is 4.99 Å². The molecule has 0 aromatic heterocycles. The Labute approximate surface area is 95.6 Å². The lowest BCUT2D eigenvalue weighted by molar-refractivity contribution is 0.141. The van der Waals surface area contributed by atoms with Crippen molar-refractivity contribution in [2.24, 2.45) is 22.4 Å². The molecule has 0 aliphatic heterocycles. The molecule has 1 rings (SSSR count). The minimum atomic E-state index is -0.487. The SMILES string of the molecule is CC1CCC(CO)(N=C(N)NC(=N)N)CC1. The van der Waals surface area contributed by atoms with Gasteiger partial charge in [-0.3, -0.25) is 10.7 Å². The second kappa shape index (κ2) is 5.16. The summed E-state index contributed by atoms with van der Waals surface area (Å²) in [4.78, 5) is 4.27. The third kappa shape index (κ3) is 3.37. The molecular weight excluding hydrogens is 206 g/mol. The number of guanidine groups is 2. The molecule has 1 saturated carbocycles. The van der Waals surface area contributed by atoms with Crippen LogP contribution in [-0.2, 0) is 0 Å². The second-order valence-corrected chi connectivity index (χ2v) is 4.60. The average molecular weight is 227 g/mol. The summed E-state index contributed by atoms with van der Waals surface area (Å²) in [6.07, 6.45) is 3.73. The van der Waals surface area contributed by atoms with Crippen molar-refractivity contribution in [3.63, 3.8) is 0 Å². The van der Waals surface area contributed by atoms with Gasteiger partial charge in [-0.15, -0.1) is 0 Å². The van der Waals surface area contributed by atoms with Crippen LogP contribution < -0.4 is 16.8 Å². The maximum absolute atomic E-state index is 9.44. The van der Waals surface area contributed by atoms with Gasteiger partial charge in [-0.1, -0.05) is 6.92 Å². The van der Waals surface area contributed by atoms with Crippen molar-refractivity contribution in [2.45, 2.75) is 38.1 Å². The first-order valence-electron chi connectivity index (χ1n) is 5.55. The zero-order chi connectivity index (χ0) is 12.2. The molecule has 6 nitrogen and oxygen atoms in total. The van der Waals surface area contributed by atoms with Crippen LogP contribution in [0, 0.1) is 11.3 Å². The Hall–Kier alpha value is -1.30. The Morgan fingerprint density at radius 1 is 1.50 bits per heavy atom. The molecule has 0 unspecified atom stereocenters. The summed E-state index contributed by atoms with van der Waals surface area (Å²) in [5.74, 6) is 0.548. The molecule has 0 atom stereocenters. The standard InChI is InChI=1S/C10H21N5O/c1-7-2-4-10(6-16,5-3-7)15-9(13)14-8(11)12/h7,16H,2-6H2,1H3,(H6,11,12,13,14,15). The highest BCUT2D eigenvalue weighted by Crippen LogP contribution is 2.34. The minimum Gasteiger partial charge on any atom is -0.394 e. The largest absolute Gasteiger partial charge is 0.394 e. The number of nitrogens with two attached hydrogens (primary N) is 2. The first-order valence-corrected chi connectivity index (χ1v) is 5.55. The molecule has 0 aromatic rings. The molecule has 6 heteroatoms. The Morgan fingerprint density at radius 3 is 2.50 bits per heavy atom. The van der Waals surface area contributed by atoms with Crippen molar-refractivity contribution in [1.82, 2.24) is 5.32 Å². The summed E-state index contributed by atoms with van der Waals surface area (Å²) in [7, 11) is 0. The van der Waals surface area contributed by atoms with E-state index in [-0.39, 0.29) is 18.5 Å². The van der Waals surface area contributed by atoms with Gasteiger partial charge in [0, 0.05) is 0 Å². The molecule has 1 aliphatic carbocycles. The molecule has 0 aromatic carbocycles. The smallest absolute Gasteiger partial charge is 0.196 e. The topological polar surface area (TPSA) is 121 Å². The lowest BCUT2D eigenvalue weighted by Gasteiger charge is -2.34. The monoisotopic (exact) mass is 227 g/mol. The van der Waals surface area contributed by atoms with Gasteiger partial charge in [0.05, 0.1) is 12.1 Å². The first-order chi connectivity index (χ1) is 7.47. The maximum atomic E-state index is 9.44. The van der Waals surface area contributed by atoms with E-state index in [9.17, 15) is 5.11 Å². The summed E-state index contributed by atoms with van der Waals surface area (Å²) < 4.78 is 0. The summed E-state index contributed by atoms with van der Waals surface area (Å²) in [6.45, 7) is 2.18. The molecule has 0 spiro atoms. The van der Waals surface area contributed by atoms with E-state index >= 15 is 0 Å². The van der Waals surface area contributed by atoms with Crippen LogP contribution in [0.4, 0.5) is 0 Å². The molecule has 92 valence electrons. The fraction of sp³-hybridized carbons (Fsp3) is 0.800. The number of nitrogens with zero attached hydrogens (tertiary/aromatic N) is 1. The van der Waals surface area contributed by atoms with Gasteiger partial charge in [0.2, 0.25) is 0 Å². The van der Waals surface area contributed by atoms with Crippen LogP contribution in [0.1, 0.15) is 32.6 Å². The lowest BCUT2D eigenvalue weighted by Crippen LogP contribution is -2.45. The zero-order valence-electron chi connectivity index (χ0n) is 9.66. The van der Waals surface area contributed by atoms with Crippen molar-refractivity contribution in [3.05, 3.63) is 0 Å². The maximum Gasteiger partial charge on any atom is 0.196 e. The molecule has 0 bridgehead atoms. The van der Waals surface area contributed by atoms with E-state index in [1.54, 1.807) is 0 Å². The number of rotatable bonds is 2. The molecule has 7 N–H and O–H groups in total. The second-order valence-electron chi connectivity index (χ2n) is 4.60. The van der Waals surface area contributed by atoms with Crippen LogP contribution in [-0.4, -0.2) is 29.2 Å². The number of aliphatic imine (C=N–C) groups is 1. The van der Waals surface area contributed by atoms with Gasteiger partial charge in [-0.25, -0.2) is 4.99 Å². The highest BCUT2D eigenvalue weighted by atomic mass is 16.3. The van der Waals surface area contributed by atoms with E-state index in [0.29, 0.717) is 5.92 Å². The van der Waals surface area contributed by atoms with Gasteiger partial charge in [-0.2, -0.15) is 0 Å². The van der Waals surface area contributed by atoms with Crippen LogP contribution in [0.25, 0.3) is 0 Å². The van der Waals surface area contributed by atoms with Gasteiger partial charge in [0.15, 0.2) is 11.9 Å². The summed E-state index contributed by atoms with van der Waals surface area (Å²) in [6, 6.07) is 0. The van der Waals surface area contributed by atoms with Crippen LogP contribution in [0.2, 0.25) is 0 Å². The van der Waals surface area contributed by atoms with E-state index in [2.05, 4.69) is 17.2 Å². The van der Waals surface area contributed by atoms with Crippen molar-refractivity contribution in [3.8, 4) is 0 Å². The Balaban J connectivity index is 2.69. The van der Waals surface area contributed by atoms with Crippen LogP contribution in [0.5, 0.6) is 0 Å². The molecule has 1 fully saturated rings. The molecule has 0 heterocycles. The van der Waals surface area contributed by atoms with Crippen molar-refractivity contribution in [2.75, 3.05) is 6.61 Å². The summed E-state index contributed by atoms with van der Waals surface area (Å²) >= 11 is 0. The van der Waals surface area contributed by atoms with E-state index < -0.39 is 5.54 Å². The molecule has 16 heavy (non-hydrogen) atoms. The van der Waals surface area contributed by atoms with Gasteiger partial charge in [0.25, 0.3) is 0 Å². The quantitative estimate of drug-likeness (QED) is 0.329. The Bertz CT molecular complexity index is 281. The first kappa shape index (κ1) is 12.8. The fourth-order valence-corrected chi connectivity index (χ4v) is 2.03.